The average molecular weight is 421 g/mol. The molecule has 1 aliphatic heterocycles. The predicted molar refractivity (Wildman–Crippen MR) is 116 cm³/mol. The SMILES string of the molecule is O=C(COC(=O)C1(c2ccccc2)CC1)N1CCC[C@H](c2nc3ccccc3s2)C1. The van der Waals surface area contributed by atoms with Crippen LogP contribution in [0.4, 0.5) is 0 Å². The van der Waals surface area contributed by atoms with Gasteiger partial charge in [0, 0.05) is 19.0 Å². The zero-order valence-electron chi connectivity index (χ0n) is 16.8. The molecule has 2 aromatic carbocycles. The molecule has 1 atom stereocenters. The number of hydrogen-bond donors (Lipinski definition) is 0. The first-order valence-corrected chi connectivity index (χ1v) is 11.3. The number of benzene rings is 2. The summed E-state index contributed by atoms with van der Waals surface area (Å²) in [6.45, 7) is 1.17. The minimum atomic E-state index is -0.549. The molecule has 2 fully saturated rings. The molecule has 0 radical (unpaired) electrons. The third-order valence-electron chi connectivity index (χ3n) is 6.23. The van der Waals surface area contributed by atoms with Crippen LogP contribution in [0, 0.1) is 0 Å². The molecule has 1 saturated heterocycles. The van der Waals surface area contributed by atoms with Gasteiger partial charge in [0.25, 0.3) is 5.91 Å². The van der Waals surface area contributed by atoms with Crippen LogP contribution in [-0.2, 0) is 19.7 Å². The number of fused-ring (bicyclic) bond motifs is 1. The van der Waals surface area contributed by atoms with Crippen molar-refractivity contribution in [2.75, 3.05) is 19.7 Å². The fourth-order valence-corrected chi connectivity index (χ4v) is 5.41. The Kier molecular flexibility index (Phi) is 5.03. The van der Waals surface area contributed by atoms with E-state index in [1.807, 2.05) is 53.4 Å². The Morgan fingerprint density at radius 3 is 2.63 bits per heavy atom. The molecule has 1 aliphatic carbocycles. The van der Waals surface area contributed by atoms with Crippen LogP contribution in [0.15, 0.2) is 54.6 Å². The number of ether oxygens (including phenoxy) is 1. The lowest BCUT2D eigenvalue weighted by molar-refractivity contribution is -0.154. The molecule has 1 amide bonds. The quantitative estimate of drug-likeness (QED) is 0.578. The van der Waals surface area contributed by atoms with Gasteiger partial charge in [-0.2, -0.15) is 0 Å². The minimum absolute atomic E-state index is 0.113. The molecule has 6 heteroatoms. The Bertz CT molecular complexity index is 1040. The number of likely N-dealkylation sites (tertiary alicyclic amines) is 1. The smallest absolute Gasteiger partial charge is 0.317 e. The van der Waals surface area contributed by atoms with Crippen LogP contribution < -0.4 is 0 Å². The number of esters is 1. The molecule has 0 bridgehead atoms. The van der Waals surface area contributed by atoms with Crippen LogP contribution in [0.5, 0.6) is 0 Å². The fourth-order valence-electron chi connectivity index (χ4n) is 4.32. The monoisotopic (exact) mass is 420 g/mol. The molecule has 0 N–H and O–H groups in total. The Morgan fingerprint density at radius 1 is 1.10 bits per heavy atom. The number of nitrogens with zero attached hydrogens (tertiary/aromatic N) is 2. The summed E-state index contributed by atoms with van der Waals surface area (Å²) in [4.78, 5) is 32.1. The lowest BCUT2D eigenvalue weighted by Gasteiger charge is -2.31. The molecule has 2 aliphatic rings. The molecular weight excluding hydrogens is 396 g/mol. The van der Waals surface area contributed by atoms with Gasteiger partial charge in [0.2, 0.25) is 0 Å². The maximum atomic E-state index is 12.8. The molecule has 1 aromatic heterocycles. The second kappa shape index (κ2) is 7.84. The van der Waals surface area contributed by atoms with Crippen molar-refractivity contribution in [1.82, 2.24) is 9.88 Å². The van der Waals surface area contributed by atoms with Gasteiger partial charge in [0.05, 0.1) is 20.6 Å². The Labute approximate surface area is 179 Å². The summed E-state index contributed by atoms with van der Waals surface area (Å²) in [6.07, 6.45) is 3.54. The second-order valence-electron chi connectivity index (χ2n) is 8.22. The lowest BCUT2D eigenvalue weighted by atomic mass is 9.96. The summed E-state index contributed by atoms with van der Waals surface area (Å²) in [5.41, 5.74) is 1.45. The van der Waals surface area contributed by atoms with Gasteiger partial charge in [0.1, 0.15) is 0 Å². The second-order valence-corrected chi connectivity index (χ2v) is 9.29. The Balaban J connectivity index is 1.20. The van der Waals surface area contributed by atoms with E-state index in [1.54, 1.807) is 11.3 Å². The van der Waals surface area contributed by atoms with Crippen LogP contribution in [0.1, 0.15) is 42.2 Å². The number of rotatable bonds is 5. The summed E-state index contributed by atoms with van der Waals surface area (Å²) >= 11 is 1.71. The first kappa shape index (κ1) is 19.2. The molecule has 5 nitrogen and oxygen atoms in total. The number of para-hydroxylation sites is 1. The Hall–Kier alpha value is -2.73. The zero-order valence-corrected chi connectivity index (χ0v) is 17.6. The molecule has 2 heterocycles. The van der Waals surface area contributed by atoms with E-state index in [9.17, 15) is 9.59 Å². The molecule has 1 saturated carbocycles. The predicted octanol–water partition coefficient (Wildman–Crippen LogP) is 4.28. The van der Waals surface area contributed by atoms with Gasteiger partial charge in [0.15, 0.2) is 6.61 Å². The third-order valence-corrected chi connectivity index (χ3v) is 7.43. The summed E-state index contributed by atoms with van der Waals surface area (Å²) < 4.78 is 6.67. The molecule has 154 valence electrons. The fraction of sp³-hybridized carbons (Fsp3) is 0.375. The first-order valence-electron chi connectivity index (χ1n) is 10.5. The van der Waals surface area contributed by atoms with E-state index < -0.39 is 5.41 Å². The van der Waals surface area contributed by atoms with Crippen molar-refractivity contribution < 1.29 is 14.3 Å². The summed E-state index contributed by atoms with van der Waals surface area (Å²) in [6, 6.07) is 17.9. The molecule has 3 aromatic rings. The maximum absolute atomic E-state index is 12.8. The van der Waals surface area contributed by atoms with Crippen molar-refractivity contribution in [2.45, 2.75) is 37.0 Å². The van der Waals surface area contributed by atoms with Crippen LogP contribution in [0.2, 0.25) is 0 Å². The lowest BCUT2D eigenvalue weighted by Crippen LogP contribution is -2.41. The number of carbonyl (C=O) groups is 2. The van der Waals surface area contributed by atoms with Gasteiger partial charge >= 0.3 is 5.97 Å². The summed E-state index contributed by atoms with van der Waals surface area (Å²) in [5.74, 6) is -0.144. The highest BCUT2D eigenvalue weighted by Crippen LogP contribution is 2.49. The van der Waals surface area contributed by atoms with Gasteiger partial charge in [-0.1, -0.05) is 42.5 Å². The molecular formula is C24H24N2O3S. The highest BCUT2D eigenvalue weighted by Gasteiger charge is 2.52. The van der Waals surface area contributed by atoms with Crippen molar-refractivity contribution in [3.05, 3.63) is 65.2 Å². The van der Waals surface area contributed by atoms with E-state index in [4.69, 9.17) is 9.72 Å². The largest absolute Gasteiger partial charge is 0.455 e. The third kappa shape index (κ3) is 3.60. The Morgan fingerprint density at radius 2 is 1.87 bits per heavy atom. The van der Waals surface area contributed by atoms with E-state index in [-0.39, 0.29) is 24.4 Å². The van der Waals surface area contributed by atoms with Crippen molar-refractivity contribution in [1.29, 1.82) is 0 Å². The van der Waals surface area contributed by atoms with Gasteiger partial charge in [-0.25, -0.2) is 4.98 Å². The first-order chi connectivity index (χ1) is 14.7. The molecule has 0 unspecified atom stereocenters. The van der Waals surface area contributed by atoms with Crippen molar-refractivity contribution >= 4 is 33.4 Å². The molecule has 0 spiro atoms. The van der Waals surface area contributed by atoms with Crippen LogP contribution in [0.3, 0.4) is 0 Å². The number of hydrogen-bond acceptors (Lipinski definition) is 5. The normalized spacial score (nSPS) is 20.1. The molecule has 5 rings (SSSR count). The van der Waals surface area contributed by atoms with Gasteiger partial charge in [-0.05, 0) is 43.4 Å². The van der Waals surface area contributed by atoms with Crippen LogP contribution in [-0.4, -0.2) is 41.5 Å². The zero-order chi connectivity index (χ0) is 20.6. The number of aromatic nitrogens is 1. The number of carbonyl (C=O) groups excluding carboxylic acids is 2. The van der Waals surface area contributed by atoms with E-state index >= 15 is 0 Å². The van der Waals surface area contributed by atoms with Gasteiger partial charge < -0.3 is 9.64 Å². The van der Waals surface area contributed by atoms with Gasteiger partial charge in [-0.15, -0.1) is 11.3 Å². The summed E-state index contributed by atoms with van der Waals surface area (Å²) in [7, 11) is 0. The summed E-state index contributed by atoms with van der Waals surface area (Å²) in [5, 5.41) is 1.09. The molecule has 30 heavy (non-hydrogen) atoms. The van der Waals surface area contributed by atoms with Crippen LogP contribution >= 0.6 is 11.3 Å². The number of amides is 1. The highest BCUT2D eigenvalue weighted by atomic mass is 32.1. The van der Waals surface area contributed by atoms with E-state index in [1.165, 1.54) is 4.70 Å². The minimum Gasteiger partial charge on any atom is -0.455 e. The van der Waals surface area contributed by atoms with Crippen molar-refractivity contribution in [2.24, 2.45) is 0 Å². The van der Waals surface area contributed by atoms with Crippen molar-refractivity contribution in [3.63, 3.8) is 0 Å². The highest BCUT2D eigenvalue weighted by molar-refractivity contribution is 7.18. The number of piperidine rings is 1. The standard InChI is InChI=1S/C24H24N2O3S/c27-21(16-29-23(28)24(12-13-24)18-8-2-1-3-9-18)26-14-6-7-17(15-26)22-25-19-10-4-5-11-20(19)30-22/h1-5,8-11,17H,6-7,12-16H2/t17-/m0/s1. The van der Waals surface area contributed by atoms with Crippen LogP contribution in [0.25, 0.3) is 10.2 Å². The van der Waals surface area contributed by atoms with E-state index in [2.05, 4.69) is 6.07 Å². The average Bonchev–Trinajstić information content (AvgIpc) is 3.50. The topological polar surface area (TPSA) is 59.5 Å². The van der Waals surface area contributed by atoms with Gasteiger partial charge in [-0.3, -0.25) is 9.59 Å². The maximum Gasteiger partial charge on any atom is 0.317 e. The van der Waals surface area contributed by atoms with Crippen molar-refractivity contribution in [3.8, 4) is 0 Å². The van der Waals surface area contributed by atoms with E-state index in [0.29, 0.717) is 13.1 Å². The number of thiazole rings is 1. The van der Waals surface area contributed by atoms with E-state index in [0.717, 1.165) is 41.8 Å².